The summed E-state index contributed by atoms with van der Waals surface area (Å²) in [4.78, 5) is 36.7. The van der Waals surface area contributed by atoms with E-state index in [-0.39, 0.29) is 30.6 Å². The summed E-state index contributed by atoms with van der Waals surface area (Å²) < 4.78 is 5.55. The van der Waals surface area contributed by atoms with Crippen LogP contribution in [0.5, 0.6) is 5.75 Å². The smallest absolute Gasteiger partial charge is 0.321 e. The van der Waals surface area contributed by atoms with E-state index in [1.54, 1.807) is 29.2 Å². The van der Waals surface area contributed by atoms with Crippen LogP contribution in [0.4, 0.5) is 10.5 Å². The second-order valence-corrected chi connectivity index (χ2v) is 7.26. The number of benzene rings is 1. The van der Waals surface area contributed by atoms with Crippen LogP contribution in [0.15, 0.2) is 24.3 Å². The fraction of sp³-hybridized carbons (Fsp3) is 0.500. The molecule has 1 saturated carbocycles. The Bertz CT molecular complexity index is 742. The average molecular weight is 359 g/mol. The molecule has 3 fully saturated rings. The molecule has 1 aromatic rings. The van der Waals surface area contributed by atoms with Crippen LogP contribution < -0.4 is 15.4 Å². The highest BCUT2D eigenvalue weighted by atomic mass is 16.5. The first-order valence-corrected chi connectivity index (χ1v) is 8.82. The molecule has 1 aliphatic carbocycles. The highest BCUT2D eigenvalue weighted by molar-refractivity contribution is 5.90. The zero-order valence-electron chi connectivity index (χ0n) is 14.2. The summed E-state index contributed by atoms with van der Waals surface area (Å²) >= 11 is 0. The fourth-order valence-corrected chi connectivity index (χ4v) is 4.18. The second kappa shape index (κ2) is 6.19. The summed E-state index contributed by atoms with van der Waals surface area (Å²) in [7, 11) is 0. The van der Waals surface area contributed by atoms with Crippen molar-refractivity contribution < 1.29 is 24.2 Å². The van der Waals surface area contributed by atoms with Crippen LogP contribution in [-0.2, 0) is 9.59 Å². The maximum Gasteiger partial charge on any atom is 0.321 e. The van der Waals surface area contributed by atoms with Crippen molar-refractivity contribution in [2.24, 2.45) is 11.3 Å². The number of β-lactam (4-membered cyclic amide) rings is 1. The minimum absolute atomic E-state index is 0.0339. The Balaban J connectivity index is 1.35. The van der Waals surface area contributed by atoms with Crippen LogP contribution in [-0.4, -0.2) is 47.2 Å². The molecule has 26 heavy (non-hydrogen) atoms. The molecule has 3 amide bonds. The molecule has 3 atom stereocenters. The minimum Gasteiger partial charge on any atom is -0.481 e. The third-order valence-corrected chi connectivity index (χ3v) is 5.66. The monoisotopic (exact) mass is 359 g/mol. The molecule has 3 N–H and O–H groups in total. The number of urea groups is 1. The average Bonchev–Trinajstić information content (AvgIpc) is 3.13. The lowest BCUT2D eigenvalue weighted by atomic mass is 9.81. The summed E-state index contributed by atoms with van der Waals surface area (Å²) in [5, 5.41) is 15.0. The zero-order valence-corrected chi connectivity index (χ0v) is 14.2. The zero-order chi connectivity index (χ0) is 18.3. The van der Waals surface area contributed by atoms with E-state index in [0.29, 0.717) is 30.8 Å². The van der Waals surface area contributed by atoms with Crippen LogP contribution in [0.3, 0.4) is 0 Å². The maximum absolute atomic E-state index is 12.5. The van der Waals surface area contributed by atoms with Crippen LogP contribution in [0.25, 0.3) is 0 Å². The number of hydrogen-bond donors (Lipinski definition) is 3. The van der Waals surface area contributed by atoms with E-state index in [1.165, 1.54) is 0 Å². The van der Waals surface area contributed by atoms with E-state index in [2.05, 4.69) is 10.6 Å². The first-order valence-electron chi connectivity index (χ1n) is 8.82. The molecule has 138 valence electrons. The number of carboxylic acids is 1. The number of likely N-dealkylation sites (tertiary alicyclic amines) is 1. The van der Waals surface area contributed by atoms with Gasteiger partial charge in [-0.05, 0) is 43.0 Å². The molecule has 2 saturated heterocycles. The Morgan fingerprint density at radius 2 is 2.04 bits per heavy atom. The molecular formula is C18H21N3O5. The number of hydrogen-bond acceptors (Lipinski definition) is 4. The van der Waals surface area contributed by atoms with E-state index in [4.69, 9.17) is 4.74 Å². The summed E-state index contributed by atoms with van der Waals surface area (Å²) in [5.41, 5.74) is -0.163. The second-order valence-electron chi connectivity index (χ2n) is 7.26. The SMILES string of the molecule is O=C1CC(Oc2ccc(NC(=O)N3C[C@@H]4CCC[C@@]4(C(=O)O)C3)cc2)N1. The van der Waals surface area contributed by atoms with Gasteiger partial charge in [0, 0.05) is 18.8 Å². The van der Waals surface area contributed by atoms with Gasteiger partial charge in [-0.2, -0.15) is 0 Å². The largest absolute Gasteiger partial charge is 0.481 e. The number of aliphatic carboxylic acids is 1. The maximum atomic E-state index is 12.5. The number of anilines is 1. The van der Waals surface area contributed by atoms with Crippen molar-refractivity contribution in [2.45, 2.75) is 31.9 Å². The van der Waals surface area contributed by atoms with Gasteiger partial charge in [-0.15, -0.1) is 0 Å². The van der Waals surface area contributed by atoms with Crippen molar-refractivity contribution >= 4 is 23.6 Å². The van der Waals surface area contributed by atoms with Crippen LogP contribution in [0, 0.1) is 11.3 Å². The molecule has 4 rings (SSSR count). The van der Waals surface area contributed by atoms with Gasteiger partial charge in [0.2, 0.25) is 5.91 Å². The number of fused-ring (bicyclic) bond motifs is 1. The van der Waals surface area contributed by atoms with Gasteiger partial charge in [0.05, 0.1) is 11.8 Å². The molecule has 1 aromatic carbocycles. The van der Waals surface area contributed by atoms with Crippen molar-refractivity contribution in [2.75, 3.05) is 18.4 Å². The molecule has 8 nitrogen and oxygen atoms in total. The highest BCUT2D eigenvalue weighted by Gasteiger charge is 2.55. The van der Waals surface area contributed by atoms with Crippen molar-refractivity contribution in [3.8, 4) is 5.75 Å². The fourth-order valence-electron chi connectivity index (χ4n) is 4.18. The lowest BCUT2D eigenvalue weighted by Crippen LogP contribution is -2.51. The summed E-state index contributed by atoms with van der Waals surface area (Å²) in [6.45, 7) is 0.752. The highest BCUT2D eigenvalue weighted by Crippen LogP contribution is 2.48. The quantitative estimate of drug-likeness (QED) is 0.708. The number of ether oxygens (including phenoxy) is 1. The predicted molar refractivity (Wildman–Crippen MR) is 91.6 cm³/mol. The Hall–Kier alpha value is -2.77. The first kappa shape index (κ1) is 16.7. The van der Waals surface area contributed by atoms with Gasteiger partial charge >= 0.3 is 12.0 Å². The third-order valence-electron chi connectivity index (χ3n) is 5.66. The number of carboxylic acid groups (broad SMARTS) is 1. The van der Waals surface area contributed by atoms with E-state index in [1.807, 2.05) is 0 Å². The molecule has 3 aliphatic rings. The molecule has 2 aliphatic heterocycles. The van der Waals surface area contributed by atoms with Crippen molar-refractivity contribution in [1.82, 2.24) is 10.2 Å². The number of carbonyl (C=O) groups excluding carboxylic acids is 2. The first-order chi connectivity index (χ1) is 12.5. The number of nitrogens with zero attached hydrogens (tertiary/aromatic N) is 1. The van der Waals surface area contributed by atoms with Gasteiger partial charge in [-0.1, -0.05) is 6.42 Å². The Kier molecular flexibility index (Phi) is 3.97. The molecule has 2 heterocycles. The lowest BCUT2D eigenvalue weighted by molar-refractivity contribution is -0.149. The van der Waals surface area contributed by atoms with Gasteiger partial charge in [-0.3, -0.25) is 9.59 Å². The van der Waals surface area contributed by atoms with Crippen molar-refractivity contribution in [3.05, 3.63) is 24.3 Å². The van der Waals surface area contributed by atoms with Crippen LogP contribution in [0.1, 0.15) is 25.7 Å². The number of rotatable bonds is 4. The van der Waals surface area contributed by atoms with Gasteiger partial charge < -0.3 is 25.4 Å². The lowest BCUT2D eigenvalue weighted by Gasteiger charge is -2.27. The van der Waals surface area contributed by atoms with Gasteiger partial charge in [0.25, 0.3) is 0 Å². The normalized spacial score (nSPS) is 29.5. The molecule has 1 unspecified atom stereocenters. The van der Waals surface area contributed by atoms with Gasteiger partial charge in [0.15, 0.2) is 6.23 Å². The Morgan fingerprint density at radius 1 is 1.31 bits per heavy atom. The standard InChI is InChI=1S/C18H21N3O5/c22-14-8-15(20-14)26-13-5-3-12(4-6-13)19-17(25)21-9-11-2-1-7-18(11,10-21)16(23)24/h3-6,11,15H,1-2,7-10H2,(H,19,25)(H,20,22)(H,23,24)/t11-,15?,18+/m0/s1. The van der Waals surface area contributed by atoms with Crippen molar-refractivity contribution in [3.63, 3.8) is 0 Å². The molecule has 0 radical (unpaired) electrons. The Morgan fingerprint density at radius 3 is 2.65 bits per heavy atom. The summed E-state index contributed by atoms with van der Waals surface area (Å²) in [6.07, 6.45) is 2.47. The number of carbonyl (C=O) groups is 3. The van der Waals surface area contributed by atoms with E-state index in [9.17, 15) is 19.5 Å². The van der Waals surface area contributed by atoms with E-state index in [0.717, 1.165) is 12.8 Å². The van der Waals surface area contributed by atoms with E-state index >= 15 is 0 Å². The van der Waals surface area contributed by atoms with Gasteiger partial charge in [-0.25, -0.2) is 4.79 Å². The van der Waals surface area contributed by atoms with E-state index < -0.39 is 11.4 Å². The third kappa shape index (κ3) is 2.85. The summed E-state index contributed by atoms with van der Waals surface area (Å²) in [6, 6.07) is 6.60. The topological polar surface area (TPSA) is 108 Å². The minimum atomic E-state index is -0.792. The molecule has 8 heteroatoms. The van der Waals surface area contributed by atoms with Crippen molar-refractivity contribution in [1.29, 1.82) is 0 Å². The molecule has 0 spiro atoms. The Labute approximate surface area is 150 Å². The summed E-state index contributed by atoms with van der Waals surface area (Å²) in [5.74, 6) is -0.180. The van der Waals surface area contributed by atoms with Crippen LogP contribution in [0.2, 0.25) is 0 Å². The number of nitrogens with one attached hydrogen (secondary N) is 2. The molecular weight excluding hydrogens is 338 g/mol. The molecule has 0 bridgehead atoms. The number of amides is 3. The van der Waals surface area contributed by atoms with Gasteiger partial charge in [0.1, 0.15) is 5.75 Å². The predicted octanol–water partition coefficient (Wildman–Crippen LogP) is 1.63. The van der Waals surface area contributed by atoms with Crippen LogP contribution >= 0.6 is 0 Å². The molecule has 0 aromatic heterocycles.